The Bertz CT molecular complexity index is 846. The minimum Gasteiger partial charge on any atom is -0.469 e. The van der Waals surface area contributed by atoms with Crippen molar-refractivity contribution in [2.24, 2.45) is 0 Å². The average Bonchev–Trinajstić information content (AvgIpc) is 3.30. The molecule has 3 heterocycles. The lowest BCUT2D eigenvalue weighted by Crippen LogP contribution is -2.16. The van der Waals surface area contributed by atoms with E-state index in [1.165, 1.54) is 25.7 Å². The molecule has 3 aromatic heterocycles. The largest absolute Gasteiger partial charge is 0.469 e. The molecule has 0 aromatic carbocycles. The van der Waals surface area contributed by atoms with Crippen LogP contribution in [0.25, 0.3) is 22.6 Å². The smallest absolute Gasteiger partial charge is 0.223 e. The van der Waals surface area contributed by atoms with E-state index in [0.717, 1.165) is 28.3 Å². The van der Waals surface area contributed by atoms with Crippen LogP contribution >= 0.6 is 0 Å². The van der Waals surface area contributed by atoms with Gasteiger partial charge in [-0.25, -0.2) is 9.97 Å². The van der Waals surface area contributed by atoms with Gasteiger partial charge >= 0.3 is 0 Å². The van der Waals surface area contributed by atoms with Gasteiger partial charge in [-0.3, -0.25) is 0 Å². The van der Waals surface area contributed by atoms with Gasteiger partial charge in [-0.2, -0.15) is 0 Å². The number of hydrogen-bond acceptors (Lipinski definition) is 6. The van der Waals surface area contributed by atoms with E-state index < -0.39 is 0 Å². The van der Waals surface area contributed by atoms with Crippen LogP contribution in [-0.2, 0) is 0 Å². The second kappa shape index (κ2) is 6.11. The lowest BCUT2D eigenvalue weighted by molar-refractivity contribution is 0.427. The zero-order chi connectivity index (χ0) is 16.5. The summed E-state index contributed by atoms with van der Waals surface area (Å²) in [6.07, 6.45) is 8.35. The van der Waals surface area contributed by atoms with Crippen molar-refractivity contribution in [2.75, 3.05) is 5.32 Å². The molecule has 124 valence electrons. The standard InChI is InChI=1S/C18H20N4O2/c1-11-9-16(24-22-11)15-10-19-18(20-13-5-3-4-6-13)21-17(15)14-7-8-23-12(14)2/h7-10,13H,3-6H2,1-2H3,(H,19,20,21). The highest BCUT2D eigenvalue weighted by atomic mass is 16.5. The molecule has 0 spiro atoms. The third-order valence-corrected chi connectivity index (χ3v) is 4.48. The van der Waals surface area contributed by atoms with E-state index in [1.54, 1.807) is 12.5 Å². The van der Waals surface area contributed by atoms with Crippen molar-refractivity contribution in [2.45, 2.75) is 45.6 Å². The summed E-state index contributed by atoms with van der Waals surface area (Å²) in [4.78, 5) is 9.24. The van der Waals surface area contributed by atoms with E-state index in [-0.39, 0.29) is 0 Å². The van der Waals surface area contributed by atoms with Crippen LogP contribution in [0, 0.1) is 13.8 Å². The van der Waals surface area contributed by atoms with Gasteiger partial charge in [0.25, 0.3) is 0 Å². The predicted molar refractivity (Wildman–Crippen MR) is 90.6 cm³/mol. The molecule has 0 radical (unpaired) electrons. The summed E-state index contributed by atoms with van der Waals surface area (Å²) >= 11 is 0. The minimum absolute atomic E-state index is 0.460. The van der Waals surface area contributed by atoms with Crippen LogP contribution in [-0.4, -0.2) is 21.2 Å². The summed E-state index contributed by atoms with van der Waals surface area (Å²) < 4.78 is 10.9. The first-order valence-corrected chi connectivity index (χ1v) is 8.32. The first-order valence-electron chi connectivity index (χ1n) is 8.32. The monoisotopic (exact) mass is 324 g/mol. The average molecular weight is 324 g/mol. The Kier molecular flexibility index (Phi) is 3.80. The Hall–Kier alpha value is -2.63. The van der Waals surface area contributed by atoms with Gasteiger partial charge in [0.1, 0.15) is 5.76 Å². The molecule has 24 heavy (non-hydrogen) atoms. The van der Waals surface area contributed by atoms with E-state index in [9.17, 15) is 0 Å². The summed E-state index contributed by atoms with van der Waals surface area (Å²) in [5, 5.41) is 7.42. The third kappa shape index (κ3) is 2.79. The quantitative estimate of drug-likeness (QED) is 0.768. The number of anilines is 1. The maximum atomic E-state index is 5.46. The Labute approximate surface area is 140 Å². The van der Waals surface area contributed by atoms with Crippen LogP contribution in [0.4, 0.5) is 5.95 Å². The van der Waals surface area contributed by atoms with Gasteiger partial charge in [0.15, 0.2) is 5.76 Å². The summed E-state index contributed by atoms with van der Waals surface area (Å²) in [6, 6.07) is 4.27. The molecule has 1 aliphatic rings. The number of rotatable bonds is 4. The normalized spacial score (nSPS) is 15.1. The molecule has 3 aromatic rings. The minimum atomic E-state index is 0.460. The topological polar surface area (TPSA) is 77.0 Å². The van der Waals surface area contributed by atoms with Crippen LogP contribution < -0.4 is 5.32 Å². The summed E-state index contributed by atoms with van der Waals surface area (Å²) in [5.74, 6) is 2.13. The first-order chi connectivity index (χ1) is 11.7. The van der Waals surface area contributed by atoms with Crippen molar-refractivity contribution in [3.63, 3.8) is 0 Å². The van der Waals surface area contributed by atoms with Gasteiger partial charge in [0.2, 0.25) is 5.95 Å². The van der Waals surface area contributed by atoms with Crippen LogP contribution in [0.2, 0.25) is 0 Å². The maximum Gasteiger partial charge on any atom is 0.223 e. The Balaban J connectivity index is 1.77. The zero-order valence-electron chi connectivity index (χ0n) is 13.9. The maximum absolute atomic E-state index is 5.46. The molecule has 4 rings (SSSR count). The van der Waals surface area contributed by atoms with Crippen molar-refractivity contribution in [1.82, 2.24) is 15.1 Å². The number of nitrogens with one attached hydrogen (secondary N) is 1. The number of aryl methyl sites for hydroxylation is 2. The summed E-state index contributed by atoms with van der Waals surface area (Å²) in [5.41, 5.74) is 3.38. The Morgan fingerprint density at radius 3 is 2.67 bits per heavy atom. The summed E-state index contributed by atoms with van der Waals surface area (Å²) in [6.45, 7) is 3.82. The van der Waals surface area contributed by atoms with Gasteiger partial charge in [0.05, 0.1) is 23.2 Å². The van der Waals surface area contributed by atoms with Crippen molar-refractivity contribution in [3.8, 4) is 22.6 Å². The highest BCUT2D eigenvalue weighted by Crippen LogP contribution is 2.34. The molecule has 1 fully saturated rings. The third-order valence-electron chi connectivity index (χ3n) is 4.48. The molecule has 0 bridgehead atoms. The molecule has 6 nitrogen and oxygen atoms in total. The lowest BCUT2D eigenvalue weighted by atomic mass is 10.1. The van der Waals surface area contributed by atoms with Gasteiger partial charge in [-0.05, 0) is 32.8 Å². The number of furan rings is 1. The van der Waals surface area contributed by atoms with Crippen LogP contribution in [0.1, 0.15) is 37.1 Å². The molecule has 0 saturated heterocycles. The predicted octanol–water partition coefficient (Wildman–Crippen LogP) is 4.36. The first kappa shape index (κ1) is 14.9. The van der Waals surface area contributed by atoms with Crippen molar-refractivity contribution in [1.29, 1.82) is 0 Å². The van der Waals surface area contributed by atoms with Gasteiger partial charge in [0, 0.05) is 23.9 Å². The fourth-order valence-corrected chi connectivity index (χ4v) is 3.21. The molecule has 1 aliphatic carbocycles. The molecule has 6 heteroatoms. The van der Waals surface area contributed by atoms with Crippen LogP contribution in [0.15, 0.2) is 33.5 Å². The van der Waals surface area contributed by atoms with Crippen LogP contribution in [0.3, 0.4) is 0 Å². The van der Waals surface area contributed by atoms with Crippen molar-refractivity contribution >= 4 is 5.95 Å². The van der Waals surface area contributed by atoms with Gasteiger partial charge in [-0.15, -0.1) is 0 Å². The molecule has 0 amide bonds. The molecule has 1 saturated carbocycles. The van der Waals surface area contributed by atoms with E-state index in [0.29, 0.717) is 17.8 Å². The van der Waals surface area contributed by atoms with Crippen molar-refractivity contribution < 1.29 is 8.94 Å². The fraction of sp³-hybridized carbons (Fsp3) is 0.389. The van der Waals surface area contributed by atoms with Crippen molar-refractivity contribution in [3.05, 3.63) is 36.0 Å². The highest BCUT2D eigenvalue weighted by Gasteiger charge is 2.20. The fourth-order valence-electron chi connectivity index (χ4n) is 3.21. The molecule has 1 N–H and O–H groups in total. The number of aromatic nitrogens is 3. The molecule has 0 atom stereocenters. The van der Waals surface area contributed by atoms with E-state index >= 15 is 0 Å². The molecule has 0 aliphatic heterocycles. The lowest BCUT2D eigenvalue weighted by Gasteiger charge is -2.13. The SMILES string of the molecule is Cc1cc(-c2cnc(NC3CCCC3)nc2-c2ccoc2C)on1. The second-order valence-electron chi connectivity index (χ2n) is 6.30. The number of nitrogens with zero attached hydrogens (tertiary/aromatic N) is 3. The Morgan fingerprint density at radius 1 is 1.17 bits per heavy atom. The zero-order valence-corrected chi connectivity index (χ0v) is 13.9. The molecule has 0 unspecified atom stereocenters. The van der Waals surface area contributed by atoms with E-state index in [4.69, 9.17) is 13.9 Å². The van der Waals surface area contributed by atoms with E-state index in [2.05, 4.69) is 15.5 Å². The van der Waals surface area contributed by atoms with Gasteiger partial charge < -0.3 is 14.3 Å². The highest BCUT2D eigenvalue weighted by molar-refractivity contribution is 5.79. The number of hydrogen-bond donors (Lipinski definition) is 1. The van der Waals surface area contributed by atoms with E-state index in [1.807, 2.05) is 26.0 Å². The molecular formula is C18H20N4O2. The second-order valence-corrected chi connectivity index (χ2v) is 6.30. The Morgan fingerprint density at radius 2 is 2.00 bits per heavy atom. The molecular weight excluding hydrogens is 304 g/mol. The van der Waals surface area contributed by atoms with Crippen LogP contribution in [0.5, 0.6) is 0 Å². The van der Waals surface area contributed by atoms with Gasteiger partial charge in [-0.1, -0.05) is 18.0 Å². The summed E-state index contributed by atoms with van der Waals surface area (Å²) in [7, 11) is 0.